The topological polar surface area (TPSA) is 12.9 Å². The van der Waals surface area contributed by atoms with Crippen molar-refractivity contribution in [3.8, 4) is 0 Å². The van der Waals surface area contributed by atoms with Crippen LogP contribution in [-0.4, -0.2) is 4.98 Å². The van der Waals surface area contributed by atoms with E-state index in [0.29, 0.717) is 0 Å². The molecule has 1 nitrogen and oxygen atoms in total. The molecule has 1 aromatic heterocycles. The first kappa shape index (κ1) is 10.8. The molecule has 82 valence electrons. The van der Waals surface area contributed by atoms with Crippen LogP contribution in [0.5, 0.6) is 0 Å². The molecular formula is C14H14FN. The van der Waals surface area contributed by atoms with Gasteiger partial charge in [0.25, 0.3) is 0 Å². The monoisotopic (exact) mass is 215 g/mol. The predicted molar refractivity (Wildman–Crippen MR) is 62.8 cm³/mol. The van der Waals surface area contributed by atoms with Gasteiger partial charge in [0.1, 0.15) is 5.82 Å². The number of halogens is 1. The molecule has 0 unspecified atom stereocenters. The zero-order valence-electron chi connectivity index (χ0n) is 9.28. The highest BCUT2D eigenvalue weighted by atomic mass is 19.1. The molecule has 0 spiro atoms. The third kappa shape index (κ3) is 2.66. The molecule has 2 heteroatoms. The molecule has 0 atom stereocenters. The summed E-state index contributed by atoms with van der Waals surface area (Å²) in [7, 11) is 0. The van der Waals surface area contributed by atoms with E-state index in [9.17, 15) is 4.39 Å². The first-order valence-corrected chi connectivity index (χ1v) is 5.40. The molecule has 0 aliphatic carbocycles. The predicted octanol–water partition coefficient (Wildman–Crippen LogP) is 3.31. The van der Waals surface area contributed by atoms with Crippen LogP contribution in [0.1, 0.15) is 16.8 Å². The van der Waals surface area contributed by atoms with Crippen molar-refractivity contribution in [2.75, 3.05) is 0 Å². The van der Waals surface area contributed by atoms with Crippen molar-refractivity contribution in [3.63, 3.8) is 0 Å². The summed E-state index contributed by atoms with van der Waals surface area (Å²) in [5.41, 5.74) is 3.49. The number of hydrogen-bond acceptors (Lipinski definition) is 1. The van der Waals surface area contributed by atoms with Gasteiger partial charge in [-0.3, -0.25) is 4.98 Å². The Morgan fingerprint density at radius 1 is 1.06 bits per heavy atom. The molecular weight excluding hydrogens is 201 g/mol. The molecule has 0 radical (unpaired) electrons. The Balaban J connectivity index is 2.02. The largest absolute Gasteiger partial charge is 0.261 e. The van der Waals surface area contributed by atoms with E-state index in [-0.39, 0.29) is 5.82 Å². The first-order valence-electron chi connectivity index (χ1n) is 5.40. The van der Waals surface area contributed by atoms with Crippen LogP contribution in [0.3, 0.4) is 0 Å². The first-order chi connectivity index (χ1) is 7.75. The van der Waals surface area contributed by atoms with E-state index in [0.717, 1.165) is 24.1 Å². The van der Waals surface area contributed by atoms with Crippen LogP contribution in [0, 0.1) is 12.7 Å². The average Bonchev–Trinajstić information content (AvgIpc) is 2.30. The highest BCUT2D eigenvalue weighted by Crippen LogP contribution is 2.10. The molecule has 0 N–H and O–H groups in total. The van der Waals surface area contributed by atoms with E-state index in [2.05, 4.69) is 11.1 Å². The van der Waals surface area contributed by atoms with E-state index in [1.54, 1.807) is 6.20 Å². The normalized spacial score (nSPS) is 10.4. The summed E-state index contributed by atoms with van der Waals surface area (Å²) in [4.78, 5) is 4.25. The van der Waals surface area contributed by atoms with Gasteiger partial charge in [-0.1, -0.05) is 18.2 Å². The third-order valence-corrected chi connectivity index (χ3v) is 2.71. The third-order valence-electron chi connectivity index (χ3n) is 2.71. The Bertz CT molecular complexity index is 462. The van der Waals surface area contributed by atoms with Gasteiger partial charge >= 0.3 is 0 Å². The van der Waals surface area contributed by atoms with Crippen molar-refractivity contribution < 1.29 is 4.39 Å². The lowest BCUT2D eigenvalue weighted by molar-refractivity contribution is 0.627. The number of nitrogens with zero attached hydrogens (tertiary/aromatic N) is 1. The van der Waals surface area contributed by atoms with Crippen LogP contribution in [-0.2, 0) is 12.8 Å². The highest BCUT2D eigenvalue weighted by Gasteiger charge is 1.99. The van der Waals surface area contributed by atoms with Crippen molar-refractivity contribution >= 4 is 0 Å². The van der Waals surface area contributed by atoms with Gasteiger partial charge in [-0.15, -0.1) is 0 Å². The molecule has 1 aromatic carbocycles. The fourth-order valence-corrected chi connectivity index (χ4v) is 1.71. The van der Waals surface area contributed by atoms with Crippen LogP contribution in [0.4, 0.5) is 4.39 Å². The van der Waals surface area contributed by atoms with Gasteiger partial charge in [0.15, 0.2) is 0 Å². The van der Waals surface area contributed by atoms with Crippen LogP contribution in [0.15, 0.2) is 42.6 Å². The number of aryl methyl sites for hydroxylation is 3. The smallest absolute Gasteiger partial charge is 0.123 e. The standard InChI is InChI=1S/C14H14FN/c1-11-13(3-2-10-16-11)7-4-12-5-8-14(15)9-6-12/h2-3,5-6,8-10H,4,7H2,1H3. The second kappa shape index (κ2) is 4.88. The Morgan fingerprint density at radius 2 is 1.81 bits per heavy atom. The van der Waals surface area contributed by atoms with E-state index < -0.39 is 0 Å². The van der Waals surface area contributed by atoms with Crippen LogP contribution in [0.2, 0.25) is 0 Å². The van der Waals surface area contributed by atoms with Gasteiger partial charge in [-0.25, -0.2) is 4.39 Å². The molecule has 2 rings (SSSR count). The summed E-state index contributed by atoms with van der Waals surface area (Å²) in [5.74, 6) is -0.179. The van der Waals surface area contributed by atoms with Crippen LogP contribution in [0.25, 0.3) is 0 Å². The minimum absolute atomic E-state index is 0.179. The molecule has 0 bridgehead atoms. The fraction of sp³-hybridized carbons (Fsp3) is 0.214. The van der Waals surface area contributed by atoms with Gasteiger partial charge in [0, 0.05) is 11.9 Å². The molecule has 2 aromatic rings. The summed E-state index contributed by atoms with van der Waals surface area (Å²) < 4.78 is 12.7. The van der Waals surface area contributed by atoms with E-state index in [1.165, 1.54) is 17.7 Å². The Kier molecular flexibility index (Phi) is 3.30. The van der Waals surface area contributed by atoms with Crippen molar-refractivity contribution in [2.24, 2.45) is 0 Å². The molecule has 0 amide bonds. The maximum atomic E-state index is 12.7. The van der Waals surface area contributed by atoms with Gasteiger partial charge in [0.2, 0.25) is 0 Å². The summed E-state index contributed by atoms with van der Waals surface area (Å²) in [5, 5.41) is 0. The SMILES string of the molecule is Cc1ncccc1CCc1ccc(F)cc1. The van der Waals surface area contributed by atoms with Gasteiger partial charge in [-0.2, -0.15) is 0 Å². The lowest BCUT2D eigenvalue weighted by atomic mass is 10.0. The summed E-state index contributed by atoms with van der Waals surface area (Å²) >= 11 is 0. The average molecular weight is 215 g/mol. The zero-order chi connectivity index (χ0) is 11.4. The van der Waals surface area contributed by atoms with Gasteiger partial charge in [0.05, 0.1) is 0 Å². The van der Waals surface area contributed by atoms with E-state index in [1.807, 2.05) is 25.1 Å². The summed E-state index contributed by atoms with van der Waals surface area (Å²) in [6, 6.07) is 10.7. The number of benzene rings is 1. The van der Waals surface area contributed by atoms with Crippen molar-refractivity contribution in [2.45, 2.75) is 19.8 Å². The molecule has 1 heterocycles. The number of rotatable bonds is 3. The van der Waals surface area contributed by atoms with Crippen molar-refractivity contribution in [3.05, 3.63) is 65.2 Å². The maximum Gasteiger partial charge on any atom is 0.123 e. The Morgan fingerprint density at radius 3 is 2.50 bits per heavy atom. The van der Waals surface area contributed by atoms with Crippen LogP contribution < -0.4 is 0 Å². The lowest BCUT2D eigenvalue weighted by Gasteiger charge is -2.04. The number of aromatic nitrogens is 1. The van der Waals surface area contributed by atoms with Crippen LogP contribution >= 0.6 is 0 Å². The highest BCUT2D eigenvalue weighted by molar-refractivity contribution is 5.22. The molecule has 0 aliphatic rings. The van der Waals surface area contributed by atoms with Crippen molar-refractivity contribution in [1.29, 1.82) is 0 Å². The second-order valence-corrected chi connectivity index (χ2v) is 3.87. The molecule has 0 fully saturated rings. The van der Waals surface area contributed by atoms with Gasteiger partial charge in [-0.05, 0) is 49.1 Å². The molecule has 0 saturated heterocycles. The zero-order valence-corrected chi connectivity index (χ0v) is 9.28. The maximum absolute atomic E-state index is 12.7. The number of hydrogen-bond donors (Lipinski definition) is 0. The molecule has 0 saturated carbocycles. The molecule has 16 heavy (non-hydrogen) atoms. The minimum Gasteiger partial charge on any atom is -0.261 e. The summed E-state index contributed by atoms with van der Waals surface area (Å²) in [6.45, 7) is 2.01. The Hall–Kier alpha value is -1.70. The fourth-order valence-electron chi connectivity index (χ4n) is 1.71. The van der Waals surface area contributed by atoms with E-state index >= 15 is 0 Å². The van der Waals surface area contributed by atoms with Gasteiger partial charge < -0.3 is 0 Å². The lowest BCUT2D eigenvalue weighted by Crippen LogP contribution is -1.95. The summed E-state index contributed by atoms with van der Waals surface area (Å²) in [6.07, 6.45) is 3.68. The van der Waals surface area contributed by atoms with Crippen molar-refractivity contribution in [1.82, 2.24) is 4.98 Å². The molecule has 0 aliphatic heterocycles. The minimum atomic E-state index is -0.179. The Labute approximate surface area is 95.0 Å². The van der Waals surface area contributed by atoms with E-state index in [4.69, 9.17) is 0 Å². The quantitative estimate of drug-likeness (QED) is 0.765. The second-order valence-electron chi connectivity index (χ2n) is 3.87. The number of pyridine rings is 1.